The molecule has 3 aliphatic heterocycles. The summed E-state index contributed by atoms with van der Waals surface area (Å²) in [5.41, 5.74) is 0.564. The molecule has 4 heterocycles. The van der Waals surface area contributed by atoms with E-state index in [1.807, 2.05) is 17.2 Å². The molecular formula is C28H39FN6O. The minimum atomic E-state index is -0.313. The smallest absolute Gasteiger partial charge is 0.253 e. The van der Waals surface area contributed by atoms with Gasteiger partial charge in [0.2, 0.25) is 5.95 Å². The van der Waals surface area contributed by atoms with Crippen molar-refractivity contribution in [3.63, 3.8) is 0 Å². The van der Waals surface area contributed by atoms with Gasteiger partial charge in [0, 0.05) is 56.6 Å². The van der Waals surface area contributed by atoms with E-state index in [1.165, 1.54) is 44.2 Å². The van der Waals surface area contributed by atoms with Gasteiger partial charge in [-0.25, -0.2) is 9.37 Å². The predicted octanol–water partition coefficient (Wildman–Crippen LogP) is 4.57. The molecule has 0 aliphatic carbocycles. The van der Waals surface area contributed by atoms with E-state index in [0.717, 1.165) is 76.7 Å². The Morgan fingerprint density at radius 2 is 1.64 bits per heavy atom. The highest BCUT2D eigenvalue weighted by Crippen LogP contribution is 2.24. The zero-order chi connectivity index (χ0) is 24.7. The molecule has 3 aliphatic rings. The number of rotatable bonds is 5. The largest absolute Gasteiger partial charge is 0.356 e. The molecule has 5 rings (SSSR count). The van der Waals surface area contributed by atoms with Crippen LogP contribution in [-0.4, -0.2) is 77.0 Å². The van der Waals surface area contributed by atoms with E-state index in [2.05, 4.69) is 20.1 Å². The quantitative estimate of drug-likeness (QED) is 0.657. The maximum absolute atomic E-state index is 13.3. The number of carbonyl (C=O) groups excluding carboxylic acids is 1. The molecule has 7 nitrogen and oxygen atoms in total. The van der Waals surface area contributed by atoms with Crippen LogP contribution in [0.4, 0.5) is 16.2 Å². The Kier molecular flexibility index (Phi) is 8.31. The normalized spacial score (nSPS) is 24.1. The van der Waals surface area contributed by atoms with Crippen LogP contribution in [0.1, 0.15) is 68.1 Å². The van der Waals surface area contributed by atoms with Crippen molar-refractivity contribution in [1.82, 2.24) is 19.8 Å². The molecule has 3 fully saturated rings. The lowest BCUT2D eigenvalue weighted by Crippen LogP contribution is -2.51. The number of hydrogen-bond donors (Lipinski definition) is 1. The van der Waals surface area contributed by atoms with Gasteiger partial charge in [-0.3, -0.25) is 9.69 Å². The average Bonchev–Trinajstić information content (AvgIpc) is 3.33. The minimum absolute atomic E-state index is 0.00271. The predicted molar refractivity (Wildman–Crippen MR) is 141 cm³/mol. The lowest BCUT2D eigenvalue weighted by atomic mass is 10.0. The van der Waals surface area contributed by atoms with Gasteiger partial charge >= 0.3 is 0 Å². The number of halogens is 1. The van der Waals surface area contributed by atoms with Crippen molar-refractivity contribution in [3.05, 3.63) is 47.9 Å². The fourth-order valence-corrected chi connectivity index (χ4v) is 5.91. The van der Waals surface area contributed by atoms with Crippen molar-refractivity contribution in [1.29, 1.82) is 0 Å². The van der Waals surface area contributed by atoms with E-state index in [4.69, 9.17) is 4.98 Å². The minimum Gasteiger partial charge on any atom is -0.356 e. The summed E-state index contributed by atoms with van der Waals surface area (Å²) in [6.45, 7) is 5.62. The summed E-state index contributed by atoms with van der Waals surface area (Å²) < 4.78 is 13.3. The Morgan fingerprint density at radius 1 is 0.861 bits per heavy atom. The van der Waals surface area contributed by atoms with Gasteiger partial charge < -0.3 is 15.1 Å². The number of benzene rings is 1. The Bertz CT molecular complexity index is 994. The summed E-state index contributed by atoms with van der Waals surface area (Å²) in [4.78, 5) is 29.4. The summed E-state index contributed by atoms with van der Waals surface area (Å²) in [6.07, 6.45) is 12.5. The van der Waals surface area contributed by atoms with Crippen LogP contribution in [-0.2, 0) is 0 Å². The van der Waals surface area contributed by atoms with E-state index >= 15 is 0 Å². The van der Waals surface area contributed by atoms with Crippen molar-refractivity contribution in [2.75, 3.05) is 49.5 Å². The third-order valence-corrected chi connectivity index (χ3v) is 7.90. The van der Waals surface area contributed by atoms with Gasteiger partial charge in [-0.1, -0.05) is 19.3 Å². The van der Waals surface area contributed by atoms with Gasteiger partial charge in [-0.15, -0.1) is 0 Å². The summed E-state index contributed by atoms with van der Waals surface area (Å²) in [5, 5.41) is 3.64. The lowest BCUT2D eigenvalue weighted by molar-refractivity contribution is 0.0575. The number of hydrogen-bond acceptors (Lipinski definition) is 6. The highest BCUT2D eigenvalue weighted by molar-refractivity contribution is 5.94. The van der Waals surface area contributed by atoms with Gasteiger partial charge in [0.15, 0.2) is 0 Å². The molecule has 3 saturated heterocycles. The maximum atomic E-state index is 13.3. The van der Waals surface area contributed by atoms with Crippen molar-refractivity contribution >= 4 is 17.7 Å². The second kappa shape index (κ2) is 12.0. The van der Waals surface area contributed by atoms with Crippen LogP contribution < -0.4 is 10.2 Å². The number of anilines is 2. The van der Waals surface area contributed by atoms with E-state index in [0.29, 0.717) is 11.6 Å². The molecular weight excluding hydrogens is 455 g/mol. The van der Waals surface area contributed by atoms with Crippen molar-refractivity contribution < 1.29 is 9.18 Å². The van der Waals surface area contributed by atoms with Gasteiger partial charge in [0.25, 0.3) is 5.91 Å². The van der Waals surface area contributed by atoms with Crippen molar-refractivity contribution in [2.45, 2.75) is 69.9 Å². The highest BCUT2D eigenvalue weighted by atomic mass is 19.1. The highest BCUT2D eigenvalue weighted by Gasteiger charge is 2.31. The van der Waals surface area contributed by atoms with Gasteiger partial charge in [0.05, 0.1) is 0 Å². The first kappa shape index (κ1) is 24.9. The third-order valence-electron chi connectivity index (χ3n) is 7.90. The van der Waals surface area contributed by atoms with Gasteiger partial charge in [0.1, 0.15) is 11.6 Å². The Balaban J connectivity index is 1.21. The number of piperidine rings is 1. The SMILES string of the molecule is O=C(c1ccc(F)cc1)N1CCCC(N2CCCCC(Nc3nccc(N4CCCCCC4)n3)C2)C1. The second-order valence-corrected chi connectivity index (χ2v) is 10.5. The van der Waals surface area contributed by atoms with Crippen LogP contribution in [0.25, 0.3) is 0 Å². The molecule has 1 aromatic carbocycles. The summed E-state index contributed by atoms with van der Waals surface area (Å²) in [7, 11) is 0. The number of aromatic nitrogens is 2. The van der Waals surface area contributed by atoms with Gasteiger partial charge in [-0.2, -0.15) is 4.98 Å². The van der Waals surface area contributed by atoms with E-state index in [9.17, 15) is 9.18 Å². The standard InChI is InChI=1S/C28H39FN6O/c29-23-12-10-22(11-13-23)27(36)35-19-7-9-25(21-35)34-18-6-3-8-24(20-34)31-28-30-15-14-26(32-28)33-16-4-1-2-5-17-33/h10-15,24-25H,1-9,16-21H2,(H,30,31,32). The van der Waals surface area contributed by atoms with Crippen LogP contribution in [0.2, 0.25) is 0 Å². The first-order valence-electron chi connectivity index (χ1n) is 13.8. The molecule has 1 aromatic heterocycles. The second-order valence-electron chi connectivity index (χ2n) is 10.5. The molecule has 0 spiro atoms. The molecule has 1 N–H and O–H groups in total. The van der Waals surface area contributed by atoms with Crippen LogP contribution in [0.5, 0.6) is 0 Å². The molecule has 194 valence electrons. The summed E-state index contributed by atoms with van der Waals surface area (Å²) in [6, 6.07) is 8.57. The maximum Gasteiger partial charge on any atom is 0.253 e. The summed E-state index contributed by atoms with van der Waals surface area (Å²) in [5.74, 6) is 1.44. The topological polar surface area (TPSA) is 64.6 Å². The van der Waals surface area contributed by atoms with Crippen LogP contribution in [0.3, 0.4) is 0 Å². The lowest BCUT2D eigenvalue weighted by Gasteiger charge is -2.40. The third kappa shape index (κ3) is 6.33. The molecule has 0 radical (unpaired) electrons. The molecule has 36 heavy (non-hydrogen) atoms. The fourth-order valence-electron chi connectivity index (χ4n) is 5.91. The number of amides is 1. The van der Waals surface area contributed by atoms with Gasteiger partial charge in [-0.05, 0) is 75.4 Å². The van der Waals surface area contributed by atoms with Crippen LogP contribution in [0.15, 0.2) is 36.5 Å². The molecule has 2 aromatic rings. The van der Waals surface area contributed by atoms with E-state index in [-0.39, 0.29) is 17.8 Å². The fraction of sp³-hybridized carbons (Fsp3) is 0.607. The monoisotopic (exact) mass is 494 g/mol. The molecule has 2 atom stereocenters. The first-order valence-corrected chi connectivity index (χ1v) is 13.8. The van der Waals surface area contributed by atoms with Crippen molar-refractivity contribution in [3.8, 4) is 0 Å². The number of nitrogens with one attached hydrogen (secondary N) is 1. The van der Waals surface area contributed by atoms with E-state index in [1.54, 1.807) is 12.1 Å². The van der Waals surface area contributed by atoms with E-state index < -0.39 is 0 Å². The first-order chi connectivity index (χ1) is 17.7. The molecule has 2 unspecified atom stereocenters. The molecule has 0 bridgehead atoms. The zero-order valence-electron chi connectivity index (χ0n) is 21.2. The molecule has 0 saturated carbocycles. The number of likely N-dealkylation sites (tertiary alicyclic amines) is 2. The zero-order valence-corrected chi connectivity index (χ0v) is 21.2. The molecule has 8 heteroatoms. The number of carbonyl (C=O) groups is 1. The number of nitrogens with zero attached hydrogens (tertiary/aromatic N) is 5. The van der Waals surface area contributed by atoms with Crippen molar-refractivity contribution in [2.24, 2.45) is 0 Å². The Labute approximate surface area is 214 Å². The Morgan fingerprint density at radius 3 is 2.44 bits per heavy atom. The van der Waals surface area contributed by atoms with Crippen LogP contribution in [0, 0.1) is 5.82 Å². The molecule has 1 amide bonds. The average molecular weight is 495 g/mol. The van der Waals surface area contributed by atoms with Crippen LogP contribution >= 0.6 is 0 Å². The summed E-state index contributed by atoms with van der Waals surface area (Å²) >= 11 is 0. The Hall–Kier alpha value is -2.74.